The van der Waals surface area contributed by atoms with E-state index in [0.29, 0.717) is 25.8 Å². The van der Waals surface area contributed by atoms with Gasteiger partial charge in [-0.2, -0.15) is 0 Å². The summed E-state index contributed by atoms with van der Waals surface area (Å²) in [6, 6.07) is 0. The highest BCUT2D eigenvalue weighted by atomic mass is 16.5. The summed E-state index contributed by atoms with van der Waals surface area (Å²) in [6.45, 7) is 1.42. The first-order chi connectivity index (χ1) is 9.08. The quantitative estimate of drug-likeness (QED) is 0.840. The van der Waals surface area contributed by atoms with Crippen LogP contribution in [0.2, 0.25) is 0 Å². The molecule has 0 aromatic rings. The summed E-state index contributed by atoms with van der Waals surface area (Å²) in [5.41, 5.74) is 0. The maximum absolute atomic E-state index is 12.3. The molecule has 0 radical (unpaired) electrons. The number of aliphatic carboxylic acids is 1. The molecule has 19 heavy (non-hydrogen) atoms. The minimum atomic E-state index is -0.770. The molecule has 1 amide bonds. The van der Waals surface area contributed by atoms with Gasteiger partial charge in [0.05, 0.1) is 12.0 Å². The van der Waals surface area contributed by atoms with Crippen LogP contribution in [0.3, 0.4) is 0 Å². The third-order valence-electron chi connectivity index (χ3n) is 4.26. The van der Waals surface area contributed by atoms with Gasteiger partial charge >= 0.3 is 5.97 Å². The van der Waals surface area contributed by atoms with Crippen molar-refractivity contribution in [2.45, 2.75) is 44.6 Å². The number of carbonyl (C=O) groups excluding carboxylic acids is 1. The molecule has 1 aliphatic carbocycles. The van der Waals surface area contributed by atoms with Crippen LogP contribution in [-0.2, 0) is 14.3 Å². The zero-order chi connectivity index (χ0) is 13.8. The van der Waals surface area contributed by atoms with E-state index in [4.69, 9.17) is 9.84 Å². The van der Waals surface area contributed by atoms with Crippen molar-refractivity contribution in [2.75, 3.05) is 20.2 Å². The van der Waals surface area contributed by atoms with Crippen LogP contribution in [0.5, 0.6) is 0 Å². The number of likely N-dealkylation sites (N-methyl/N-ethyl adjacent to an activating group) is 1. The van der Waals surface area contributed by atoms with Crippen LogP contribution in [0, 0.1) is 11.8 Å². The van der Waals surface area contributed by atoms with Crippen LogP contribution in [0.4, 0.5) is 0 Å². The van der Waals surface area contributed by atoms with Gasteiger partial charge in [-0.3, -0.25) is 9.59 Å². The number of ether oxygens (including phenoxy) is 1. The maximum Gasteiger partial charge on any atom is 0.306 e. The average molecular weight is 269 g/mol. The second-order valence-corrected chi connectivity index (χ2v) is 5.75. The lowest BCUT2D eigenvalue weighted by molar-refractivity contribution is -0.141. The largest absolute Gasteiger partial charge is 0.481 e. The highest BCUT2D eigenvalue weighted by Gasteiger charge is 2.35. The van der Waals surface area contributed by atoms with E-state index >= 15 is 0 Å². The standard InChI is InChI=1S/C14H23NO4/c1-15(9-12-4-2-3-7-19-12)13(16)10-5-6-11(8-10)14(17)18/h10-12H,2-9H2,1H3,(H,17,18). The molecule has 2 rings (SSSR count). The van der Waals surface area contributed by atoms with E-state index < -0.39 is 5.97 Å². The van der Waals surface area contributed by atoms with Crippen molar-refractivity contribution in [2.24, 2.45) is 11.8 Å². The SMILES string of the molecule is CN(CC1CCCCO1)C(=O)C1CCC(C(=O)O)C1. The summed E-state index contributed by atoms with van der Waals surface area (Å²) in [5.74, 6) is -1.14. The van der Waals surface area contributed by atoms with E-state index in [1.165, 1.54) is 0 Å². The van der Waals surface area contributed by atoms with E-state index in [9.17, 15) is 9.59 Å². The Labute approximate surface area is 113 Å². The minimum absolute atomic E-state index is 0.0814. The van der Waals surface area contributed by atoms with Gasteiger partial charge < -0.3 is 14.7 Å². The van der Waals surface area contributed by atoms with E-state index in [0.717, 1.165) is 25.9 Å². The third-order valence-corrected chi connectivity index (χ3v) is 4.26. The topological polar surface area (TPSA) is 66.8 Å². The predicted molar refractivity (Wildman–Crippen MR) is 69.7 cm³/mol. The van der Waals surface area contributed by atoms with Crippen molar-refractivity contribution < 1.29 is 19.4 Å². The number of carboxylic acid groups (broad SMARTS) is 1. The van der Waals surface area contributed by atoms with E-state index in [1.54, 1.807) is 11.9 Å². The molecule has 3 atom stereocenters. The number of rotatable bonds is 4. The van der Waals surface area contributed by atoms with Crippen LogP contribution in [-0.4, -0.2) is 48.2 Å². The first-order valence-electron chi connectivity index (χ1n) is 7.17. The minimum Gasteiger partial charge on any atom is -0.481 e. The molecule has 1 aliphatic heterocycles. The van der Waals surface area contributed by atoms with Gasteiger partial charge in [0.1, 0.15) is 0 Å². The smallest absolute Gasteiger partial charge is 0.306 e. The van der Waals surface area contributed by atoms with Crippen LogP contribution >= 0.6 is 0 Å². The van der Waals surface area contributed by atoms with E-state index in [-0.39, 0.29) is 23.8 Å². The van der Waals surface area contributed by atoms with Crippen molar-refractivity contribution in [1.82, 2.24) is 4.90 Å². The molecule has 1 saturated carbocycles. The highest BCUT2D eigenvalue weighted by Crippen LogP contribution is 2.32. The van der Waals surface area contributed by atoms with Crippen molar-refractivity contribution in [1.29, 1.82) is 0 Å². The summed E-state index contributed by atoms with van der Waals surface area (Å²) in [6.07, 6.45) is 5.25. The second-order valence-electron chi connectivity index (χ2n) is 5.75. The molecule has 108 valence electrons. The highest BCUT2D eigenvalue weighted by molar-refractivity contribution is 5.80. The maximum atomic E-state index is 12.3. The van der Waals surface area contributed by atoms with E-state index in [2.05, 4.69) is 0 Å². The van der Waals surface area contributed by atoms with Gasteiger partial charge in [-0.1, -0.05) is 0 Å². The fourth-order valence-corrected chi connectivity index (χ4v) is 3.09. The summed E-state index contributed by atoms with van der Waals surface area (Å²) in [7, 11) is 1.80. The zero-order valence-electron chi connectivity index (χ0n) is 11.5. The van der Waals surface area contributed by atoms with Gasteiger partial charge in [0.25, 0.3) is 0 Å². The van der Waals surface area contributed by atoms with Gasteiger partial charge in [-0.25, -0.2) is 0 Å². The Bertz CT molecular complexity index is 338. The molecule has 2 fully saturated rings. The number of amides is 1. The molecular formula is C14H23NO4. The van der Waals surface area contributed by atoms with Crippen molar-refractivity contribution in [3.8, 4) is 0 Å². The Hall–Kier alpha value is -1.10. The summed E-state index contributed by atoms with van der Waals surface area (Å²) in [5, 5.41) is 8.97. The van der Waals surface area contributed by atoms with Crippen LogP contribution in [0.15, 0.2) is 0 Å². The van der Waals surface area contributed by atoms with Gasteiger partial charge in [0, 0.05) is 26.1 Å². The van der Waals surface area contributed by atoms with Crippen molar-refractivity contribution in [3.05, 3.63) is 0 Å². The Morgan fingerprint density at radius 3 is 2.53 bits per heavy atom. The van der Waals surface area contributed by atoms with Gasteiger partial charge in [-0.05, 0) is 38.5 Å². The molecule has 1 N–H and O–H groups in total. The van der Waals surface area contributed by atoms with Gasteiger partial charge in [0.2, 0.25) is 5.91 Å². The van der Waals surface area contributed by atoms with Crippen LogP contribution < -0.4 is 0 Å². The molecule has 5 heteroatoms. The third kappa shape index (κ3) is 3.69. The molecule has 0 aromatic carbocycles. The monoisotopic (exact) mass is 269 g/mol. The Balaban J connectivity index is 1.80. The predicted octanol–water partition coefficient (Wildman–Crippen LogP) is 1.51. The molecule has 0 aromatic heterocycles. The lowest BCUT2D eigenvalue weighted by Gasteiger charge is -2.28. The fourth-order valence-electron chi connectivity index (χ4n) is 3.09. The lowest BCUT2D eigenvalue weighted by Crippen LogP contribution is -2.39. The summed E-state index contributed by atoms with van der Waals surface area (Å²) in [4.78, 5) is 24.9. The number of carboxylic acids is 1. The molecule has 5 nitrogen and oxygen atoms in total. The van der Waals surface area contributed by atoms with E-state index in [1.807, 2.05) is 0 Å². The summed E-state index contributed by atoms with van der Waals surface area (Å²) < 4.78 is 5.63. The molecule has 2 aliphatic rings. The average Bonchev–Trinajstić information content (AvgIpc) is 2.88. The molecule has 3 unspecified atom stereocenters. The molecule has 1 saturated heterocycles. The van der Waals surface area contributed by atoms with Crippen LogP contribution in [0.25, 0.3) is 0 Å². The molecular weight excluding hydrogens is 246 g/mol. The Morgan fingerprint density at radius 2 is 1.95 bits per heavy atom. The Kier molecular flexibility index (Phi) is 4.80. The number of hydrogen-bond acceptors (Lipinski definition) is 3. The molecule has 0 spiro atoms. The number of carbonyl (C=O) groups is 2. The fraction of sp³-hybridized carbons (Fsp3) is 0.857. The lowest BCUT2D eigenvalue weighted by atomic mass is 10.0. The van der Waals surface area contributed by atoms with Gasteiger partial charge in [0.15, 0.2) is 0 Å². The Morgan fingerprint density at radius 1 is 1.21 bits per heavy atom. The zero-order valence-corrected chi connectivity index (χ0v) is 11.5. The number of hydrogen-bond donors (Lipinski definition) is 1. The van der Waals surface area contributed by atoms with Crippen molar-refractivity contribution >= 4 is 11.9 Å². The van der Waals surface area contributed by atoms with Crippen molar-refractivity contribution in [3.63, 3.8) is 0 Å². The normalized spacial score (nSPS) is 31.1. The molecule has 1 heterocycles. The first-order valence-corrected chi connectivity index (χ1v) is 7.17. The summed E-state index contributed by atoms with van der Waals surface area (Å²) >= 11 is 0. The molecule has 0 bridgehead atoms. The number of nitrogens with zero attached hydrogens (tertiary/aromatic N) is 1. The van der Waals surface area contributed by atoms with Crippen LogP contribution in [0.1, 0.15) is 38.5 Å². The first kappa shape index (κ1) is 14.3. The second kappa shape index (κ2) is 6.37. The van der Waals surface area contributed by atoms with Gasteiger partial charge in [-0.15, -0.1) is 0 Å².